The predicted molar refractivity (Wildman–Crippen MR) is 115 cm³/mol. The number of para-hydroxylation sites is 2. The Balaban J connectivity index is 1.45. The highest BCUT2D eigenvalue weighted by Crippen LogP contribution is 2.48. The van der Waals surface area contributed by atoms with Crippen LogP contribution >= 0.6 is 11.8 Å². The number of nitrogens with zero attached hydrogens (tertiary/aromatic N) is 2. The molecule has 148 valence electrons. The monoisotopic (exact) mass is 396 g/mol. The molecule has 2 aliphatic rings. The molecule has 2 aromatic carbocycles. The van der Waals surface area contributed by atoms with Gasteiger partial charge < -0.3 is 14.5 Å². The quantitative estimate of drug-likeness (QED) is 0.629. The molecule has 5 heteroatoms. The Hall–Kier alpha value is -2.14. The number of benzene rings is 2. The second-order valence-electron chi connectivity index (χ2n) is 8.56. The maximum atomic E-state index is 12.3. The lowest BCUT2D eigenvalue weighted by Gasteiger charge is -2.38. The molecule has 1 amide bonds. The maximum absolute atomic E-state index is 12.3. The van der Waals surface area contributed by atoms with Gasteiger partial charge in [-0.15, -0.1) is 0 Å². The van der Waals surface area contributed by atoms with E-state index in [0.29, 0.717) is 5.92 Å². The Bertz CT molecular complexity index is 808. The zero-order valence-electron chi connectivity index (χ0n) is 16.9. The van der Waals surface area contributed by atoms with E-state index in [1.165, 1.54) is 21.2 Å². The standard InChI is InChI=1S/C23H28N2O2S/c1-23(2,3)27-22(26)24-14-12-17(13-15-24)16-25-18-8-4-6-10-20(18)28-21-11-7-5-9-19(21)25/h4-11,17H,12-16H2,1-3H3. The van der Waals surface area contributed by atoms with Crippen molar-refractivity contribution in [3.63, 3.8) is 0 Å². The number of carbonyl (C=O) groups excluding carboxylic acids is 1. The number of hydrogen-bond donors (Lipinski definition) is 0. The van der Waals surface area contributed by atoms with Crippen molar-refractivity contribution >= 4 is 29.2 Å². The maximum Gasteiger partial charge on any atom is 0.410 e. The van der Waals surface area contributed by atoms with E-state index >= 15 is 0 Å². The van der Waals surface area contributed by atoms with Gasteiger partial charge in [0.1, 0.15) is 5.60 Å². The van der Waals surface area contributed by atoms with Gasteiger partial charge in [0, 0.05) is 29.4 Å². The molecule has 1 fully saturated rings. The molecule has 1 saturated heterocycles. The first-order chi connectivity index (χ1) is 13.4. The summed E-state index contributed by atoms with van der Waals surface area (Å²) in [5, 5.41) is 0. The second kappa shape index (κ2) is 7.70. The Morgan fingerprint density at radius 3 is 2.07 bits per heavy atom. The summed E-state index contributed by atoms with van der Waals surface area (Å²) in [6.07, 6.45) is 1.83. The van der Waals surface area contributed by atoms with Crippen LogP contribution in [0.5, 0.6) is 0 Å². The number of anilines is 2. The third-order valence-electron chi connectivity index (χ3n) is 5.24. The van der Waals surface area contributed by atoms with Gasteiger partial charge in [0.05, 0.1) is 11.4 Å². The number of rotatable bonds is 2. The molecule has 4 rings (SSSR count). The molecule has 0 atom stereocenters. The highest BCUT2D eigenvalue weighted by molar-refractivity contribution is 7.99. The van der Waals surface area contributed by atoms with E-state index in [0.717, 1.165) is 32.5 Å². The fourth-order valence-electron chi connectivity index (χ4n) is 3.86. The Morgan fingerprint density at radius 1 is 1.00 bits per heavy atom. The summed E-state index contributed by atoms with van der Waals surface area (Å²) >= 11 is 1.85. The van der Waals surface area contributed by atoms with Crippen molar-refractivity contribution in [3.05, 3.63) is 48.5 Å². The van der Waals surface area contributed by atoms with Crippen LogP contribution in [0.25, 0.3) is 0 Å². The summed E-state index contributed by atoms with van der Waals surface area (Å²) in [4.78, 5) is 19.3. The largest absolute Gasteiger partial charge is 0.444 e. The number of likely N-dealkylation sites (tertiary alicyclic amines) is 1. The van der Waals surface area contributed by atoms with Gasteiger partial charge in [-0.05, 0) is 63.8 Å². The molecule has 0 aromatic heterocycles. The lowest BCUT2D eigenvalue weighted by molar-refractivity contribution is 0.0187. The van der Waals surface area contributed by atoms with Gasteiger partial charge in [-0.25, -0.2) is 4.79 Å². The highest BCUT2D eigenvalue weighted by atomic mass is 32.2. The van der Waals surface area contributed by atoms with Crippen LogP contribution in [0, 0.1) is 5.92 Å². The fourth-order valence-corrected chi connectivity index (χ4v) is 4.96. The highest BCUT2D eigenvalue weighted by Gasteiger charge is 2.30. The summed E-state index contributed by atoms with van der Waals surface area (Å²) in [6, 6.07) is 17.3. The van der Waals surface area contributed by atoms with Crippen molar-refractivity contribution in [1.29, 1.82) is 0 Å². The third-order valence-corrected chi connectivity index (χ3v) is 6.37. The summed E-state index contributed by atoms with van der Waals surface area (Å²) in [6.45, 7) is 8.27. The van der Waals surface area contributed by atoms with Crippen molar-refractivity contribution in [1.82, 2.24) is 4.90 Å². The van der Waals surface area contributed by atoms with Gasteiger partial charge in [0.15, 0.2) is 0 Å². The lowest BCUT2D eigenvalue weighted by atomic mass is 9.95. The van der Waals surface area contributed by atoms with E-state index < -0.39 is 5.60 Å². The zero-order chi connectivity index (χ0) is 19.7. The van der Waals surface area contributed by atoms with Gasteiger partial charge in [0.25, 0.3) is 0 Å². The average molecular weight is 397 g/mol. The number of amides is 1. The normalized spacial score (nSPS) is 17.1. The van der Waals surface area contributed by atoms with Gasteiger partial charge in [0.2, 0.25) is 0 Å². The molecule has 4 nitrogen and oxygen atoms in total. The fraction of sp³-hybridized carbons (Fsp3) is 0.435. The third kappa shape index (κ3) is 4.14. The molecule has 2 aromatic rings. The molecule has 28 heavy (non-hydrogen) atoms. The topological polar surface area (TPSA) is 32.8 Å². The number of piperidine rings is 1. The van der Waals surface area contributed by atoms with Crippen molar-refractivity contribution < 1.29 is 9.53 Å². The van der Waals surface area contributed by atoms with Crippen LogP contribution in [0.4, 0.5) is 16.2 Å². The minimum atomic E-state index is -0.438. The number of fused-ring (bicyclic) bond motifs is 2. The summed E-state index contributed by atoms with van der Waals surface area (Å²) in [5.41, 5.74) is 2.15. The van der Waals surface area contributed by atoms with E-state index in [2.05, 4.69) is 53.4 Å². The van der Waals surface area contributed by atoms with E-state index in [1.807, 2.05) is 37.4 Å². The molecule has 0 bridgehead atoms. The van der Waals surface area contributed by atoms with Crippen LogP contribution in [0.2, 0.25) is 0 Å². The van der Waals surface area contributed by atoms with Crippen molar-refractivity contribution in [2.45, 2.75) is 49.0 Å². The van der Waals surface area contributed by atoms with Gasteiger partial charge >= 0.3 is 6.09 Å². The lowest BCUT2D eigenvalue weighted by Crippen LogP contribution is -2.43. The summed E-state index contributed by atoms with van der Waals surface area (Å²) in [7, 11) is 0. The van der Waals surface area contributed by atoms with Crippen LogP contribution in [0.15, 0.2) is 58.3 Å². The predicted octanol–water partition coefficient (Wildman–Crippen LogP) is 5.94. The van der Waals surface area contributed by atoms with E-state index in [9.17, 15) is 4.79 Å². The first-order valence-corrected chi connectivity index (χ1v) is 10.8. The molecule has 0 aliphatic carbocycles. The van der Waals surface area contributed by atoms with Crippen molar-refractivity contribution in [3.8, 4) is 0 Å². The Morgan fingerprint density at radius 2 is 1.54 bits per heavy atom. The molecule has 2 aliphatic heterocycles. The zero-order valence-corrected chi connectivity index (χ0v) is 17.7. The summed E-state index contributed by atoms with van der Waals surface area (Å²) in [5.74, 6) is 0.558. The van der Waals surface area contributed by atoms with E-state index in [-0.39, 0.29) is 6.09 Å². The minimum Gasteiger partial charge on any atom is -0.444 e. The Labute approximate surface area is 171 Å². The van der Waals surface area contributed by atoms with Gasteiger partial charge in [-0.2, -0.15) is 0 Å². The number of ether oxygens (including phenoxy) is 1. The van der Waals surface area contributed by atoms with Gasteiger partial charge in [-0.1, -0.05) is 36.0 Å². The van der Waals surface area contributed by atoms with Crippen LogP contribution in [0.1, 0.15) is 33.6 Å². The van der Waals surface area contributed by atoms with E-state index in [1.54, 1.807) is 0 Å². The first kappa shape index (κ1) is 19.2. The SMILES string of the molecule is CC(C)(C)OC(=O)N1CCC(CN2c3ccccc3Sc3ccccc32)CC1. The molecule has 2 heterocycles. The van der Waals surface area contributed by atoms with Crippen LogP contribution in [0.3, 0.4) is 0 Å². The Kier molecular flexibility index (Phi) is 5.28. The minimum absolute atomic E-state index is 0.184. The van der Waals surface area contributed by atoms with E-state index in [4.69, 9.17) is 4.74 Å². The van der Waals surface area contributed by atoms with Crippen molar-refractivity contribution in [2.24, 2.45) is 5.92 Å². The molecule has 0 saturated carbocycles. The molecular weight excluding hydrogens is 368 g/mol. The van der Waals surface area contributed by atoms with Crippen LogP contribution in [-0.4, -0.2) is 36.2 Å². The second-order valence-corrected chi connectivity index (χ2v) is 9.64. The average Bonchev–Trinajstić information content (AvgIpc) is 2.67. The van der Waals surface area contributed by atoms with Crippen LogP contribution < -0.4 is 4.90 Å². The summed E-state index contributed by atoms with van der Waals surface area (Å²) < 4.78 is 5.53. The molecule has 0 radical (unpaired) electrons. The smallest absolute Gasteiger partial charge is 0.410 e. The number of carbonyl (C=O) groups is 1. The van der Waals surface area contributed by atoms with Crippen LogP contribution in [-0.2, 0) is 4.74 Å². The molecule has 0 spiro atoms. The van der Waals surface area contributed by atoms with Gasteiger partial charge in [-0.3, -0.25) is 0 Å². The molecule has 0 unspecified atom stereocenters. The molecular formula is C23H28N2O2S. The molecule has 0 N–H and O–H groups in total. The van der Waals surface area contributed by atoms with Crippen molar-refractivity contribution in [2.75, 3.05) is 24.5 Å². The number of hydrogen-bond acceptors (Lipinski definition) is 4. The first-order valence-electron chi connectivity index (χ1n) is 10.0.